The molecule has 0 bridgehead atoms. The summed E-state index contributed by atoms with van der Waals surface area (Å²) >= 11 is 0. The first-order valence-electron chi connectivity index (χ1n) is 7.99. The van der Waals surface area contributed by atoms with Gasteiger partial charge in [-0.05, 0) is 12.0 Å². The summed E-state index contributed by atoms with van der Waals surface area (Å²) in [5.74, 6) is -0.650. The zero-order valence-corrected chi connectivity index (χ0v) is 15.6. The summed E-state index contributed by atoms with van der Waals surface area (Å²) in [4.78, 5) is 15.5. The molecule has 1 aromatic heterocycles. The minimum absolute atomic E-state index is 0.000186. The Morgan fingerprint density at radius 1 is 1.23 bits per heavy atom. The SMILES string of the molecule is COCCCN(Cc1nc(C(=O)OC)co1)S(=O)(=O)Cc1ccccc1. The van der Waals surface area contributed by atoms with E-state index in [9.17, 15) is 13.2 Å². The van der Waals surface area contributed by atoms with Crippen LogP contribution in [0.25, 0.3) is 0 Å². The highest BCUT2D eigenvalue weighted by atomic mass is 32.2. The lowest BCUT2D eigenvalue weighted by atomic mass is 10.2. The Labute approximate surface area is 152 Å². The number of rotatable bonds is 10. The largest absolute Gasteiger partial charge is 0.464 e. The number of carbonyl (C=O) groups excluding carboxylic acids is 1. The molecule has 0 amide bonds. The number of hydrogen-bond acceptors (Lipinski definition) is 7. The van der Waals surface area contributed by atoms with Gasteiger partial charge in [0, 0.05) is 20.3 Å². The average molecular weight is 382 g/mol. The van der Waals surface area contributed by atoms with Crippen molar-refractivity contribution in [1.29, 1.82) is 0 Å². The van der Waals surface area contributed by atoms with Gasteiger partial charge in [0.1, 0.15) is 6.26 Å². The number of methoxy groups -OCH3 is 2. The fourth-order valence-electron chi connectivity index (χ4n) is 2.31. The smallest absolute Gasteiger partial charge is 0.360 e. The number of esters is 1. The van der Waals surface area contributed by atoms with E-state index >= 15 is 0 Å². The molecule has 0 unspecified atom stereocenters. The first-order chi connectivity index (χ1) is 12.5. The fourth-order valence-corrected chi connectivity index (χ4v) is 3.82. The van der Waals surface area contributed by atoms with Crippen LogP contribution in [0.2, 0.25) is 0 Å². The zero-order chi connectivity index (χ0) is 19.0. The maximum absolute atomic E-state index is 12.8. The third-order valence-electron chi connectivity index (χ3n) is 3.60. The molecule has 0 saturated heterocycles. The van der Waals surface area contributed by atoms with E-state index in [0.717, 1.165) is 6.26 Å². The van der Waals surface area contributed by atoms with Crippen LogP contribution in [-0.4, -0.2) is 51.0 Å². The first-order valence-corrected chi connectivity index (χ1v) is 9.60. The maximum Gasteiger partial charge on any atom is 0.360 e. The summed E-state index contributed by atoms with van der Waals surface area (Å²) in [7, 11) is -0.820. The molecule has 0 aliphatic heterocycles. The Morgan fingerprint density at radius 2 is 1.96 bits per heavy atom. The van der Waals surface area contributed by atoms with Gasteiger partial charge in [-0.25, -0.2) is 18.2 Å². The molecule has 8 nitrogen and oxygen atoms in total. The Hall–Kier alpha value is -2.23. The quantitative estimate of drug-likeness (QED) is 0.456. The summed E-state index contributed by atoms with van der Waals surface area (Å²) in [5, 5.41) is 0. The van der Waals surface area contributed by atoms with Gasteiger partial charge < -0.3 is 13.9 Å². The second kappa shape index (κ2) is 9.46. The summed E-state index contributed by atoms with van der Waals surface area (Å²) in [6.07, 6.45) is 1.67. The molecule has 0 aliphatic rings. The predicted molar refractivity (Wildman–Crippen MR) is 93.8 cm³/mol. The third kappa shape index (κ3) is 5.65. The molecule has 9 heteroatoms. The minimum Gasteiger partial charge on any atom is -0.464 e. The monoisotopic (exact) mass is 382 g/mol. The molecule has 1 heterocycles. The molecule has 2 rings (SSSR count). The highest BCUT2D eigenvalue weighted by molar-refractivity contribution is 7.88. The van der Waals surface area contributed by atoms with Crippen LogP contribution in [0.3, 0.4) is 0 Å². The highest BCUT2D eigenvalue weighted by Gasteiger charge is 2.25. The van der Waals surface area contributed by atoms with Crippen molar-refractivity contribution in [3.05, 3.63) is 53.7 Å². The molecule has 142 valence electrons. The van der Waals surface area contributed by atoms with E-state index < -0.39 is 16.0 Å². The van der Waals surface area contributed by atoms with Gasteiger partial charge in [0.15, 0.2) is 5.69 Å². The van der Waals surface area contributed by atoms with E-state index in [1.807, 2.05) is 6.07 Å². The van der Waals surface area contributed by atoms with Crippen molar-refractivity contribution in [3.63, 3.8) is 0 Å². The van der Waals surface area contributed by atoms with Gasteiger partial charge in [0.25, 0.3) is 0 Å². The van der Waals surface area contributed by atoms with E-state index in [4.69, 9.17) is 9.15 Å². The minimum atomic E-state index is -3.61. The second-order valence-corrected chi connectivity index (χ2v) is 7.51. The van der Waals surface area contributed by atoms with Gasteiger partial charge in [-0.15, -0.1) is 0 Å². The molecule has 0 saturated carbocycles. The molecule has 0 spiro atoms. The second-order valence-electron chi connectivity index (χ2n) is 5.54. The summed E-state index contributed by atoms with van der Waals surface area (Å²) < 4.78 is 41.7. The lowest BCUT2D eigenvalue weighted by molar-refractivity contribution is 0.0594. The van der Waals surface area contributed by atoms with Crippen LogP contribution in [0.4, 0.5) is 0 Å². The van der Waals surface area contributed by atoms with Gasteiger partial charge in [0.05, 0.1) is 19.4 Å². The predicted octanol–water partition coefficient (Wildman–Crippen LogP) is 1.83. The van der Waals surface area contributed by atoms with Crippen LogP contribution in [0.15, 0.2) is 41.0 Å². The average Bonchev–Trinajstić information content (AvgIpc) is 3.09. The van der Waals surface area contributed by atoms with E-state index in [1.165, 1.54) is 11.4 Å². The van der Waals surface area contributed by atoms with Crippen LogP contribution in [-0.2, 0) is 31.8 Å². The van der Waals surface area contributed by atoms with Gasteiger partial charge in [-0.3, -0.25) is 0 Å². The number of carbonyl (C=O) groups is 1. The van der Waals surface area contributed by atoms with E-state index in [2.05, 4.69) is 9.72 Å². The lowest BCUT2D eigenvalue weighted by Gasteiger charge is -2.20. The van der Waals surface area contributed by atoms with E-state index in [0.29, 0.717) is 18.6 Å². The van der Waals surface area contributed by atoms with Gasteiger partial charge in [-0.2, -0.15) is 4.31 Å². The molecule has 1 aromatic carbocycles. The molecule has 0 aliphatic carbocycles. The van der Waals surface area contributed by atoms with Gasteiger partial charge in [0.2, 0.25) is 15.9 Å². The van der Waals surface area contributed by atoms with Crippen molar-refractivity contribution in [3.8, 4) is 0 Å². The van der Waals surface area contributed by atoms with Crippen LogP contribution in [0, 0.1) is 0 Å². The first kappa shape index (κ1) is 20.1. The standard InChI is InChI=1S/C17H22N2O6S/c1-23-10-6-9-19(11-16-18-15(12-25-16)17(20)24-2)26(21,22)13-14-7-4-3-5-8-14/h3-5,7-8,12H,6,9-11,13H2,1-2H3. The van der Waals surface area contributed by atoms with Crippen molar-refractivity contribution in [2.75, 3.05) is 27.4 Å². The van der Waals surface area contributed by atoms with Crippen LogP contribution in [0.1, 0.15) is 28.4 Å². The number of sulfonamides is 1. The number of oxazole rings is 1. The van der Waals surface area contributed by atoms with Crippen LogP contribution >= 0.6 is 0 Å². The lowest BCUT2D eigenvalue weighted by Crippen LogP contribution is -2.33. The van der Waals surface area contributed by atoms with E-state index in [-0.39, 0.29) is 30.4 Å². The zero-order valence-electron chi connectivity index (χ0n) is 14.8. The van der Waals surface area contributed by atoms with Crippen molar-refractivity contribution >= 4 is 16.0 Å². The molecule has 0 atom stereocenters. The van der Waals surface area contributed by atoms with Crippen molar-refractivity contribution in [2.45, 2.75) is 18.7 Å². The molecular formula is C17H22N2O6S. The van der Waals surface area contributed by atoms with Crippen molar-refractivity contribution in [2.24, 2.45) is 0 Å². The molecule has 26 heavy (non-hydrogen) atoms. The van der Waals surface area contributed by atoms with Crippen LogP contribution in [0.5, 0.6) is 0 Å². The summed E-state index contributed by atoms with van der Waals surface area (Å²) in [6, 6.07) is 8.91. The number of nitrogens with zero attached hydrogens (tertiary/aromatic N) is 2. The normalized spacial score (nSPS) is 11.7. The maximum atomic E-state index is 12.8. The molecule has 2 aromatic rings. The Balaban J connectivity index is 2.16. The number of ether oxygens (including phenoxy) is 2. The van der Waals surface area contributed by atoms with Gasteiger partial charge in [-0.1, -0.05) is 30.3 Å². The molecular weight excluding hydrogens is 360 g/mol. The molecule has 0 radical (unpaired) electrons. The molecule has 0 N–H and O–H groups in total. The Kier molecular flexibility index (Phi) is 7.31. The molecule has 0 fully saturated rings. The summed E-state index contributed by atoms with van der Waals surface area (Å²) in [5.41, 5.74) is 0.687. The number of aromatic nitrogens is 1. The number of hydrogen-bond donors (Lipinski definition) is 0. The Morgan fingerprint density at radius 3 is 2.62 bits per heavy atom. The summed E-state index contributed by atoms with van der Waals surface area (Å²) in [6.45, 7) is 0.602. The van der Waals surface area contributed by atoms with E-state index in [1.54, 1.807) is 31.4 Å². The van der Waals surface area contributed by atoms with Crippen molar-refractivity contribution < 1.29 is 27.1 Å². The Bertz CT molecular complexity index is 804. The third-order valence-corrected chi connectivity index (χ3v) is 5.40. The van der Waals surface area contributed by atoms with Gasteiger partial charge >= 0.3 is 5.97 Å². The number of benzene rings is 1. The highest BCUT2D eigenvalue weighted by Crippen LogP contribution is 2.15. The van der Waals surface area contributed by atoms with Crippen molar-refractivity contribution in [1.82, 2.24) is 9.29 Å². The fraction of sp³-hybridized carbons (Fsp3) is 0.412. The topological polar surface area (TPSA) is 98.9 Å². The van der Waals surface area contributed by atoms with Crippen LogP contribution < -0.4 is 0 Å².